The summed E-state index contributed by atoms with van der Waals surface area (Å²) in [5.74, 6) is -0.391. The fourth-order valence-corrected chi connectivity index (χ4v) is 7.14. The molecule has 3 aromatic rings. The number of ether oxygens (including phenoxy) is 4. The zero-order valence-corrected chi connectivity index (χ0v) is 28.8. The second-order valence-corrected chi connectivity index (χ2v) is 12.8. The molecule has 0 bridgehead atoms. The van der Waals surface area contributed by atoms with Crippen LogP contribution in [0, 0.1) is 6.92 Å². The minimum absolute atomic E-state index is 0.00349. The van der Waals surface area contributed by atoms with Crippen molar-refractivity contribution in [2.75, 3.05) is 26.9 Å². The van der Waals surface area contributed by atoms with Gasteiger partial charge < -0.3 is 24.3 Å². The summed E-state index contributed by atoms with van der Waals surface area (Å²) < 4.78 is 25.8. The first-order valence-corrected chi connectivity index (χ1v) is 17.0. The number of rotatable bonds is 14. The Hall–Kier alpha value is -3.48. The van der Waals surface area contributed by atoms with Gasteiger partial charge in [-0.3, -0.25) is 14.2 Å². The third kappa shape index (κ3) is 6.94. The number of benzene rings is 1. The standard InChI is InChI=1S/C34H47N3O8S/c1-8-22(9-2)35-32(40)34(6,10-3)37-29(38)27-21(5)28(31(39)44-11-4)46-30(27)36(33(37)41)20-26(45-23-16-18-43-19-17-23)24-14-12-13-15-25(24)42-7/h12-15,22-23,26H,8-11,16-20H2,1-7H3,(H,35,40)/t26-,34?/m0/s1. The van der Waals surface area contributed by atoms with E-state index in [0.29, 0.717) is 55.0 Å². The van der Waals surface area contributed by atoms with E-state index in [9.17, 15) is 19.2 Å². The predicted molar refractivity (Wildman–Crippen MR) is 178 cm³/mol. The maximum Gasteiger partial charge on any atom is 0.348 e. The fourth-order valence-electron chi connectivity index (χ4n) is 5.95. The SMILES string of the molecule is CCOC(=O)c1sc2c(c1C)c(=O)n(C(C)(CC)C(=O)NC(CC)CC)c(=O)n2C[C@H](OC1CCOCC1)c1ccccc1OC. The summed E-state index contributed by atoms with van der Waals surface area (Å²) >= 11 is 1.04. The molecule has 0 aliphatic carbocycles. The number of carbonyl (C=O) groups excluding carboxylic acids is 2. The highest BCUT2D eigenvalue weighted by molar-refractivity contribution is 7.20. The van der Waals surface area contributed by atoms with Crippen molar-refractivity contribution >= 4 is 33.4 Å². The summed E-state index contributed by atoms with van der Waals surface area (Å²) in [6, 6.07) is 7.35. The van der Waals surface area contributed by atoms with Crippen LogP contribution >= 0.6 is 11.3 Å². The molecule has 12 heteroatoms. The number of nitrogens with zero attached hydrogens (tertiary/aromatic N) is 2. The average molecular weight is 658 g/mol. The molecule has 0 spiro atoms. The third-order valence-electron chi connectivity index (χ3n) is 9.02. The molecule has 1 aliphatic heterocycles. The zero-order chi connectivity index (χ0) is 33.6. The Morgan fingerprint density at radius 2 is 1.78 bits per heavy atom. The van der Waals surface area contributed by atoms with Crippen molar-refractivity contribution in [3.63, 3.8) is 0 Å². The number of fused-ring (bicyclic) bond motifs is 1. The lowest BCUT2D eigenvalue weighted by Crippen LogP contribution is -2.58. The molecule has 1 aliphatic rings. The summed E-state index contributed by atoms with van der Waals surface area (Å²) in [6.45, 7) is 12.0. The van der Waals surface area contributed by atoms with Crippen molar-refractivity contribution in [3.8, 4) is 5.75 Å². The van der Waals surface area contributed by atoms with Gasteiger partial charge in [0.15, 0.2) is 0 Å². The van der Waals surface area contributed by atoms with E-state index in [2.05, 4.69) is 5.32 Å². The van der Waals surface area contributed by atoms with E-state index in [1.807, 2.05) is 38.1 Å². The Labute approximate surface area is 273 Å². The maximum atomic E-state index is 14.7. The first-order chi connectivity index (χ1) is 22.1. The van der Waals surface area contributed by atoms with Crippen molar-refractivity contribution in [1.82, 2.24) is 14.5 Å². The van der Waals surface area contributed by atoms with Crippen LogP contribution in [-0.4, -0.2) is 60.1 Å². The van der Waals surface area contributed by atoms with Gasteiger partial charge >= 0.3 is 11.7 Å². The molecule has 11 nitrogen and oxygen atoms in total. The summed E-state index contributed by atoms with van der Waals surface area (Å²) in [5, 5.41) is 3.25. The van der Waals surface area contributed by atoms with Crippen LogP contribution < -0.4 is 21.3 Å². The molecule has 4 rings (SSSR count). The lowest BCUT2D eigenvalue weighted by Gasteiger charge is -2.32. The van der Waals surface area contributed by atoms with Gasteiger partial charge in [-0.1, -0.05) is 39.0 Å². The number of para-hydroxylation sites is 1. The Morgan fingerprint density at radius 1 is 1.11 bits per heavy atom. The number of esters is 1. The van der Waals surface area contributed by atoms with E-state index in [1.165, 1.54) is 4.57 Å². The molecule has 0 saturated carbocycles. The van der Waals surface area contributed by atoms with Crippen molar-refractivity contribution < 1.29 is 28.5 Å². The highest BCUT2D eigenvalue weighted by Gasteiger charge is 2.39. The lowest BCUT2D eigenvalue weighted by molar-refractivity contribution is -0.130. The van der Waals surface area contributed by atoms with Gasteiger partial charge in [0.05, 0.1) is 31.8 Å². The van der Waals surface area contributed by atoms with E-state index in [4.69, 9.17) is 18.9 Å². The molecule has 1 N–H and O–H groups in total. The highest BCUT2D eigenvalue weighted by atomic mass is 32.1. The van der Waals surface area contributed by atoms with Crippen molar-refractivity contribution in [3.05, 3.63) is 61.1 Å². The van der Waals surface area contributed by atoms with Gasteiger partial charge in [-0.05, 0) is 64.5 Å². The number of nitrogens with one attached hydrogen (secondary N) is 1. The second kappa shape index (κ2) is 15.4. The van der Waals surface area contributed by atoms with Gasteiger partial charge in [0.25, 0.3) is 5.56 Å². The zero-order valence-electron chi connectivity index (χ0n) is 28.0. The van der Waals surface area contributed by atoms with Crippen molar-refractivity contribution in [1.29, 1.82) is 0 Å². The molecule has 2 atom stereocenters. The van der Waals surface area contributed by atoms with E-state index < -0.39 is 34.8 Å². The van der Waals surface area contributed by atoms with Gasteiger partial charge in [0, 0.05) is 24.8 Å². The number of amides is 1. The first-order valence-electron chi connectivity index (χ1n) is 16.2. The van der Waals surface area contributed by atoms with E-state index in [-0.39, 0.29) is 42.0 Å². The van der Waals surface area contributed by atoms with Gasteiger partial charge in [-0.25, -0.2) is 14.2 Å². The molecule has 1 fully saturated rings. The molecule has 2 aromatic heterocycles. The molecule has 0 radical (unpaired) electrons. The normalized spacial score (nSPS) is 15.9. The van der Waals surface area contributed by atoms with Crippen LogP contribution in [0.5, 0.6) is 5.75 Å². The second-order valence-electron chi connectivity index (χ2n) is 11.8. The summed E-state index contributed by atoms with van der Waals surface area (Å²) in [7, 11) is 1.58. The van der Waals surface area contributed by atoms with Crippen molar-refractivity contribution in [2.45, 2.75) is 104 Å². The Balaban J connectivity index is 2.00. The topological polar surface area (TPSA) is 127 Å². The van der Waals surface area contributed by atoms with Gasteiger partial charge in [0.1, 0.15) is 27.1 Å². The fraction of sp³-hybridized carbons (Fsp3) is 0.588. The van der Waals surface area contributed by atoms with Crippen LogP contribution in [0.2, 0.25) is 0 Å². The Morgan fingerprint density at radius 3 is 2.39 bits per heavy atom. The highest BCUT2D eigenvalue weighted by Crippen LogP contribution is 2.35. The quantitative estimate of drug-likeness (QED) is 0.238. The monoisotopic (exact) mass is 657 g/mol. The van der Waals surface area contributed by atoms with Crippen LogP contribution in [0.1, 0.15) is 93.6 Å². The van der Waals surface area contributed by atoms with Crippen LogP contribution in [-0.2, 0) is 31.1 Å². The largest absolute Gasteiger partial charge is 0.496 e. The number of aryl methyl sites for hydroxylation is 1. The van der Waals surface area contributed by atoms with Crippen LogP contribution in [0.15, 0.2) is 33.9 Å². The number of methoxy groups -OCH3 is 1. The number of hydrogen-bond acceptors (Lipinski definition) is 9. The molecule has 1 unspecified atom stereocenters. The molecule has 252 valence electrons. The van der Waals surface area contributed by atoms with E-state index >= 15 is 0 Å². The number of aromatic nitrogens is 2. The average Bonchev–Trinajstić information content (AvgIpc) is 3.42. The van der Waals surface area contributed by atoms with Crippen LogP contribution in [0.4, 0.5) is 0 Å². The first kappa shape index (κ1) is 35.4. The minimum atomic E-state index is -1.51. The summed E-state index contributed by atoms with van der Waals surface area (Å²) in [5.41, 5.74) is -1.65. The molecule has 3 heterocycles. The third-order valence-corrected chi connectivity index (χ3v) is 10.3. The summed E-state index contributed by atoms with van der Waals surface area (Å²) in [4.78, 5) is 56.6. The molecule has 1 saturated heterocycles. The molecule has 1 aromatic carbocycles. The van der Waals surface area contributed by atoms with Gasteiger partial charge in [0.2, 0.25) is 5.91 Å². The minimum Gasteiger partial charge on any atom is -0.496 e. The predicted octanol–water partition coefficient (Wildman–Crippen LogP) is 5.09. The number of hydrogen-bond donors (Lipinski definition) is 1. The van der Waals surface area contributed by atoms with Crippen molar-refractivity contribution in [2.24, 2.45) is 0 Å². The summed E-state index contributed by atoms with van der Waals surface area (Å²) in [6.07, 6.45) is 2.17. The Kier molecular flexibility index (Phi) is 11.8. The van der Waals surface area contributed by atoms with E-state index in [0.717, 1.165) is 21.5 Å². The Bertz CT molecular complexity index is 1650. The van der Waals surface area contributed by atoms with E-state index in [1.54, 1.807) is 34.8 Å². The number of carbonyl (C=O) groups is 2. The van der Waals surface area contributed by atoms with Crippen LogP contribution in [0.25, 0.3) is 10.2 Å². The maximum absolute atomic E-state index is 14.7. The molecular formula is C34H47N3O8S. The van der Waals surface area contributed by atoms with Gasteiger partial charge in [-0.2, -0.15) is 0 Å². The van der Waals surface area contributed by atoms with Gasteiger partial charge in [-0.15, -0.1) is 11.3 Å². The molecule has 46 heavy (non-hydrogen) atoms. The van der Waals surface area contributed by atoms with Crippen LogP contribution in [0.3, 0.4) is 0 Å². The molecule has 1 amide bonds. The lowest BCUT2D eigenvalue weighted by atomic mass is 9.95. The number of thiophene rings is 1. The smallest absolute Gasteiger partial charge is 0.348 e. The molecular weight excluding hydrogens is 610 g/mol.